The Morgan fingerprint density at radius 1 is 0.862 bits per heavy atom. The summed E-state index contributed by atoms with van der Waals surface area (Å²) in [5.74, 6) is 0.736. The smallest absolute Gasteiger partial charge is 0.246 e. The predicted molar refractivity (Wildman–Crippen MR) is 105 cm³/mol. The van der Waals surface area contributed by atoms with Gasteiger partial charge in [-0.05, 0) is 18.6 Å². The first-order chi connectivity index (χ1) is 13.7. The van der Waals surface area contributed by atoms with E-state index in [0.29, 0.717) is 17.9 Å². The van der Waals surface area contributed by atoms with Gasteiger partial charge in [-0.3, -0.25) is 4.68 Å². The van der Waals surface area contributed by atoms with E-state index in [0.717, 1.165) is 0 Å². The Balaban J connectivity index is 1.81. The van der Waals surface area contributed by atoms with Gasteiger partial charge in [-0.1, -0.05) is 0 Å². The first-order valence-electron chi connectivity index (χ1n) is 8.91. The van der Waals surface area contributed by atoms with Crippen LogP contribution < -0.4 is 9.47 Å². The molecule has 0 bridgehead atoms. The van der Waals surface area contributed by atoms with Crippen LogP contribution in [-0.2, 0) is 27.1 Å². The van der Waals surface area contributed by atoms with E-state index >= 15 is 0 Å². The molecule has 0 saturated carbocycles. The molecule has 0 aliphatic carbocycles. The van der Waals surface area contributed by atoms with Crippen LogP contribution in [0.15, 0.2) is 40.4 Å². The molecule has 1 fully saturated rings. The van der Waals surface area contributed by atoms with Crippen molar-refractivity contribution in [1.82, 2.24) is 18.4 Å². The van der Waals surface area contributed by atoms with Gasteiger partial charge in [0.25, 0.3) is 0 Å². The number of ether oxygens (including phenoxy) is 2. The molecule has 29 heavy (non-hydrogen) atoms. The highest BCUT2D eigenvalue weighted by molar-refractivity contribution is 7.89. The highest BCUT2D eigenvalue weighted by Gasteiger charge is 2.32. The first kappa shape index (κ1) is 21.6. The molecule has 10 nitrogen and oxygen atoms in total. The average Bonchev–Trinajstić information content (AvgIpc) is 2.99. The largest absolute Gasteiger partial charge is 0.493 e. The summed E-state index contributed by atoms with van der Waals surface area (Å²) in [6.07, 6.45) is 3.10. The quantitative estimate of drug-likeness (QED) is 0.639. The molecule has 0 spiro atoms. The Kier molecular flexibility index (Phi) is 6.17. The fourth-order valence-corrected chi connectivity index (χ4v) is 6.10. The van der Waals surface area contributed by atoms with E-state index in [1.165, 1.54) is 58.1 Å². The Bertz CT molecular complexity index is 1080. The van der Waals surface area contributed by atoms with E-state index in [1.54, 1.807) is 7.05 Å². The zero-order valence-electron chi connectivity index (χ0n) is 16.5. The molecule has 1 aromatic heterocycles. The summed E-state index contributed by atoms with van der Waals surface area (Å²) in [6, 6.07) is 4.39. The fourth-order valence-electron chi connectivity index (χ4n) is 3.16. The van der Waals surface area contributed by atoms with Crippen LogP contribution in [0.5, 0.6) is 11.5 Å². The van der Waals surface area contributed by atoms with Gasteiger partial charge >= 0.3 is 0 Å². The molecule has 0 atom stereocenters. The lowest BCUT2D eigenvalue weighted by Crippen LogP contribution is -2.37. The minimum atomic E-state index is -3.81. The Morgan fingerprint density at radius 2 is 1.45 bits per heavy atom. The maximum Gasteiger partial charge on any atom is 0.246 e. The molecule has 0 N–H and O–H groups in total. The van der Waals surface area contributed by atoms with Crippen molar-refractivity contribution in [3.63, 3.8) is 0 Å². The molecule has 2 heterocycles. The van der Waals surface area contributed by atoms with Gasteiger partial charge in [-0.15, -0.1) is 0 Å². The SMILES string of the molecule is COc1ccc(S(=O)(=O)N2CCCN(S(=O)(=O)c3cnn(C)c3)CC2)cc1OC. The molecule has 0 radical (unpaired) electrons. The second-order valence-corrected chi connectivity index (χ2v) is 10.4. The van der Waals surface area contributed by atoms with Crippen LogP contribution in [0.4, 0.5) is 0 Å². The Morgan fingerprint density at radius 3 is 1.97 bits per heavy atom. The lowest BCUT2D eigenvalue weighted by molar-refractivity contribution is 0.353. The normalized spacial score (nSPS) is 17.1. The van der Waals surface area contributed by atoms with Crippen LogP contribution in [0.2, 0.25) is 0 Å². The van der Waals surface area contributed by atoms with Crippen molar-refractivity contribution >= 4 is 20.0 Å². The van der Waals surface area contributed by atoms with Gasteiger partial charge in [0, 0.05) is 45.5 Å². The number of benzene rings is 1. The van der Waals surface area contributed by atoms with E-state index < -0.39 is 20.0 Å². The summed E-state index contributed by atoms with van der Waals surface area (Å²) >= 11 is 0. The third kappa shape index (κ3) is 4.25. The second kappa shape index (κ2) is 8.30. The number of aryl methyl sites for hydroxylation is 1. The van der Waals surface area contributed by atoms with Gasteiger partial charge in [-0.25, -0.2) is 16.8 Å². The molecule has 160 valence electrons. The van der Waals surface area contributed by atoms with E-state index in [4.69, 9.17) is 9.47 Å². The van der Waals surface area contributed by atoms with Crippen molar-refractivity contribution in [3.8, 4) is 11.5 Å². The highest BCUT2D eigenvalue weighted by atomic mass is 32.2. The topological polar surface area (TPSA) is 111 Å². The van der Waals surface area contributed by atoms with Crippen LogP contribution >= 0.6 is 0 Å². The number of hydrogen-bond donors (Lipinski definition) is 0. The first-order valence-corrected chi connectivity index (χ1v) is 11.8. The monoisotopic (exact) mass is 444 g/mol. The van der Waals surface area contributed by atoms with Crippen molar-refractivity contribution in [2.75, 3.05) is 40.4 Å². The number of hydrogen-bond acceptors (Lipinski definition) is 7. The minimum Gasteiger partial charge on any atom is -0.493 e. The zero-order valence-corrected chi connectivity index (χ0v) is 18.1. The molecular weight excluding hydrogens is 420 g/mol. The van der Waals surface area contributed by atoms with Crippen molar-refractivity contribution < 1.29 is 26.3 Å². The molecule has 1 saturated heterocycles. The van der Waals surface area contributed by atoms with Crippen LogP contribution in [0.25, 0.3) is 0 Å². The van der Waals surface area contributed by atoms with Crippen LogP contribution in [0.3, 0.4) is 0 Å². The third-order valence-corrected chi connectivity index (χ3v) is 8.47. The van der Waals surface area contributed by atoms with Crippen LogP contribution in [-0.4, -0.2) is 75.6 Å². The number of methoxy groups -OCH3 is 2. The van der Waals surface area contributed by atoms with E-state index in [1.807, 2.05) is 0 Å². The summed E-state index contributed by atoms with van der Waals surface area (Å²) in [4.78, 5) is 0.162. The van der Waals surface area contributed by atoms with Crippen LogP contribution in [0, 0.1) is 0 Å². The van der Waals surface area contributed by atoms with Gasteiger partial charge in [0.2, 0.25) is 20.0 Å². The van der Waals surface area contributed by atoms with Crippen molar-refractivity contribution in [2.45, 2.75) is 16.2 Å². The maximum atomic E-state index is 13.1. The fraction of sp³-hybridized carbons (Fsp3) is 0.471. The lowest BCUT2D eigenvalue weighted by Gasteiger charge is -2.21. The molecule has 12 heteroatoms. The minimum absolute atomic E-state index is 0.0518. The van der Waals surface area contributed by atoms with E-state index in [-0.39, 0.29) is 36.0 Å². The average molecular weight is 445 g/mol. The van der Waals surface area contributed by atoms with Gasteiger partial charge in [-0.2, -0.15) is 13.7 Å². The van der Waals surface area contributed by atoms with E-state index in [2.05, 4.69) is 5.10 Å². The zero-order chi connectivity index (χ0) is 21.2. The summed E-state index contributed by atoms with van der Waals surface area (Å²) in [5.41, 5.74) is 0. The Hall–Kier alpha value is -2.15. The highest BCUT2D eigenvalue weighted by Crippen LogP contribution is 2.31. The van der Waals surface area contributed by atoms with Gasteiger partial charge in [0.05, 0.1) is 25.3 Å². The Labute approximate surface area is 170 Å². The molecule has 0 amide bonds. The number of aromatic nitrogens is 2. The lowest BCUT2D eigenvalue weighted by atomic mass is 10.3. The van der Waals surface area contributed by atoms with Gasteiger partial charge in [0.1, 0.15) is 4.90 Å². The van der Waals surface area contributed by atoms with Crippen molar-refractivity contribution in [2.24, 2.45) is 7.05 Å². The summed E-state index contributed by atoms with van der Waals surface area (Å²) in [7, 11) is -3.00. The molecule has 2 aromatic rings. The number of nitrogens with zero attached hydrogens (tertiary/aromatic N) is 4. The summed E-state index contributed by atoms with van der Waals surface area (Å²) in [5, 5.41) is 3.91. The summed E-state index contributed by atoms with van der Waals surface area (Å²) in [6.45, 7) is 0.560. The standard InChI is InChI=1S/C17H24N4O6S2/c1-19-13-15(12-18-19)29(24,25)21-8-4-7-20(9-10-21)28(22,23)14-5-6-16(26-2)17(11-14)27-3/h5-6,11-13H,4,7-10H2,1-3H3. The van der Waals surface area contributed by atoms with Crippen molar-refractivity contribution in [3.05, 3.63) is 30.6 Å². The number of sulfonamides is 2. The van der Waals surface area contributed by atoms with Crippen LogP contribution in [0.1, 0.15) is 6.42 Å². The van der Waals surface area contributed by atoms with Gasteiger partial charge < -0.3 is 9.47 Å². The van der Waals surface area contributed by atoms with Gasteiger partial charge in [0.15, 0.2) is 11.5 Å². The van der Waals surface area contributed by atoms with E-state index in [9.17, 15) is 16.8 Å². The predicted octanol–water partition coefficient (Wildman–Crippen LogP) is 0.523. The number of rotatable bonds is 6. The molecule has 3 rings (SSSR count). The summed E-state index contributed by atoms with van der Waals surface area (Å²) < 4.78 is 66.1. The molecule has 1 aromatic carbocycles. The molecule has 1 aliphatic heterocycles. The molecular formula is C17H24N4O6S2. The second-order valence-electron chi connectivity index (χ2n) is 6.53. The van der Waals surface area contributed by atoms with Crippen molar-refractivity contribution in [1.29, 1.82) is 0 Å². The molecule has 0 unspecified atom stereocenters. The molecule has 1 aliphatic rings. The third-order valence-electron chi connectivity index (χ3n) is 4.73. The maximum absolute atomic E-state index is 13.1.